The number of fused-ring (bicyclic) bond motifs is 1. The third-order valence-electron chi connectivity index (χ3n) is 6.39. The van der Waals surface area contributed by atoms with Crippen LogP contribution in [0.2, 0.25) is 0 Å². The van der Waals surface area contributed by atoms with Crippen molar-refractivity contribution in [2.45, 2.75) is 57.0 Å². The number of nitrogens with one attached hydrogen (secondary N) is 1. The SMILES string of the molecule is O=C(NC1CCCCC1)N1CCC[C@@H]1c1nc2cc(-c3ccc(F)c(F)c3)ccc2o1. The Bertz CT molecular complexity index is 1110. The molecule has 162 valence electrons. The van der Waals surface area contributed by atoms with Crippen LogP contribution < -0.4 is 5.32 Å². The number of hydrogen-bond donors (Lipinski definition) is 1. The molecule has 1 aliphatic carbocycles. The van der Waals surface area contributed by atoms with Crippen LogP contribution in [-0.4, -0.2) is 28.5 Å². The molecule has 2 aromatic carbocycles. The second-order valence-electron chi connectivity index (χ2n) is 8.50. The van der Waals surface area contributed by atoms with Gasteiger partial charge in [0.05, 0.1) is 0 Å². The molecule has 2 heterocycles. The number of nitrogens with zero attached hydrogens (tertiary/aromatic N) is 2. The highest BCUT2D eigenvalue weighted by Crippen LogP contribution is 2.34. The van der Waals surface area contributed by atoms with Crippen molar-refractivity contribution in [2.24, 2.45) is 0 Å². The standard InChI is InChI=1S/C24H25F2N3O2/c25-18-10-8-15(13-19(18)26)16-9-11-22-20(14-16)28-23(31-22)21-7-4-12-29(21)24(30)27-17-5-2-1-3-6-17/h8-11,13-14,17,21H,1-7,12H2,(H,27,30)/t21-/m1/s1. The minimum Gasteiger partial charge on any atom is -0.438 e. The molecule has 2 aliphatic rings. The molecule has 7 heteroatoms. The molecule has 0 radical (unpaired) electrons. The minimum atomic E-state index is -0.885. The summed E-state index contributed by atoms with van der Waals surface area (Å²) in [6, 6.07) is 9.23. The monoisotopic (exact) mass is 425 g/mol. The van der Waals surface area contributed by atoms with Crippen molar-refractivity contribution in [3.05, 3.63) is 53.9 Å². The molecule has 2 fully saturated rings. The van der Waals surface area contributed by atoms with E-state index in [1.807, 2.05) is 4.90 Å². The second-order valence-corrected chi connectivity index (χ2v) is 8.50. The Morgan fingerprint density at radius 2 is 1.74 bits per heavy atom. The van der Waals surface area contributed by atoms with Crippen molar-refractivity contribution in [3.63, 3.8) is 0 Å². The molecule has 1 atom stereocenters. The molecule has 0 spiro atoms. The number of hydrogen-bond acceptors (Lipinski definition) is 3. The van der Waals surface area contributed by atoms with E-state index in [0.717, 1.165) is 37.3 Å². The largest absolute Gasteiger partial charge is 0.438 e. The summed E-state index contributed by atoms with van der Waals surface area (Å²) < 4.78 is 32.9. The Hall–Kier alpha value is -2.96. The average molecular weight is 425 g/mol. The first-order valence-electron chi connectivity index (χ1n) is 11.0. The van der Waals surface area contributed by atoms with Gasteiger partial charge in [-0.1, -0.05) is 31.4 Å². The Morgan fingerprint density at radius 3 is 2.55 bits per heavy atom. The first-order chi connectivity index (χ1) is 15.1. The zero-order valence-corrected chi connectivity index (χ0v) is 17.2. The fourth-order valence-electron chi connectivity index (χ4n) is 4.71. The van der Waals surface area contributed by atoms with Gasteiger partial charge in [0.15, 0.2) is 17.2 Å². The summed E-state index contributed by atoms with van der Waals surface area (Å²) in [5.41, 5.74) is 2.54. The van der Waals surface area contributed by atoms with Crippen molar-refractivity contribution in [1.82, 2.24) is 15.2 Å². The van der Waals surface area contributed by atoms with E-state index in [1.165, 1.54) is 31.4 Å². The Balaban J connectivity index is 1.37. The average Bonchev–Trinajstić information content (AvgIpc) is 3.42. The molecule has 31 heavy (non-hydrogen) atoms. The van der Waals surface area contributed by atoms with Gasteiger partial charge in [-0.3, -0.25) is 0 Å². The molecule has 1 N–H and O–H groups in total. The number of halogens is 2. The lowest BCUT2D eigenvalue weighted by Crippen LogP contribution is -2.45. The molecule has 1 aromatic heterocycles. The smallest absolute Gasteiger partial charge is 0.318 e. The molecule has 0 bridgehead atoms. The highest BCUT2D eigenvalue weighted by Gasteiger charge is 2.34. The number of carbonyl (C=O) groups is 1. The molecule has 1 saturated carbocycles. The Kier molecular flexibility index (Phi) is 5.34. The van der Waals surface area contributed by atoms with Crippen LogP contribution in [0.5, 0.6) is 0 Å². The van der Waals surface area contributed by atoms with Crippen LogP contribution in [0.1, 0.15) is 56.9 Å². The molecule has 5 nitrogen and oxygen atoms in total. The maximum atomic E-state index is 13.6. The maximum Gasteiger partial charge on any atom is 0.318 e. The first kappa shape index (κ1) is 20.0. The summed E-state index contributed by atoms with van der Waals surface area (Å²) >= 11 is 0. The van der Waals surface area contributed by atoms with Crippen LogP contribution >= 0.6 is 0 Å². The zero-order valence-electron chi connectivity index (χ0n) is 17.2. The Labute approximate surface area is 179 Å². The zero-order chi connectivity index (χ0) is 21.4. The van der Waals surface area contributed by atoms with Gasteiger partial charge in [0, 0.05) is 12.6 Å². The number of carbonyl (C=O) groups excluding carboxylic acids is 1. The summed E-state index contributed by atoms with van der Waals surface area (Å²) in [6.45, 7) is 0.683. The molecule has 2 amide bonds. The van der Waals surface area contributed by atoms with Gasteiger partial charge in [0.2, 0.25) is 5.89 Å². The molecule has 0 unspecified atom stereocenters. The summed E-state index contributed by atoms with van der Waals surface area (Å²) in [4.78, 5) is 19.4. The lowest BCUT2D eigenvalue weighted by molar-refractivity contribution is 0.178. The summed E-state index contributed by atoms with van der Waals surface area (Å²) in [5, 5.41) is 3.19. The quantitative estimate of drug-likeness (QED) is 0.564. The van der Waals surface area contributed by atoms with Crippen LogP contribution in [0.15, 0.2) is 40.8 Å². The molecular weight excluding hydrogens is 400 g/mol. The normalized spacial score (nSPS) is 19.8. The third-order valence-corrected chi connectivity index (χ3v) is 6.39. The van der Waals surface area contributed by atoms with Crippen LogP contribution in [-0.2, 0) is 0 Å². The number of likely N-dealkylation sites (tertiary alicyclic amines) is 1. The van der Waals surface area contributed by atoms with Crippen molar-refractivity contribution in [3.8, 4) is 11.1 Å². The fraction of sp³-hybridized carbons (Fsp3) is 0.417. The van der Waals surface area contributed by atoms with E-state index in [4.69, 9.17) is 4.42 Å². The number of aromatic nitrogens is 1. The third kappa shape index (κ3) is 4.01. The summed E-state index contributed by atoms with van der Waals surface area (Å²) in [7, 11) is 0. The van der Waals surface area contributed by atoms with E-state index >= 15 is 0 Å². The second kappa shape index (κ2) is 8.29. The van der Waals surface area contributed by atoms with E-state index in [2.05, 4.69) is 10.3 Å². The number of rotatable bonds is 3. The van der Waals surface area contributed by atoms with Gasteiger partial charge in [0.25, 0.3) is 0 Å². The van der Waals surface area contributed by atoms with Crippen molar-refractivity contribution >= 4 is 17.1 Å². The topological polar surface area (TPSA) is 58.4 Å². The van der Waals surface area contributed by atoms with Gasteiger partial charge in [-0.25, -0.2) is 18.6 Å². The molecule has 3 aromatic rings. The lowest BCUT2D eigenvalue weighted by atomic mass is 9.96. The van der Waals surface area contributed by atoms with Gasteiger partial charge in [0.1, 0.15) is 11.6 Å². The number of benzene rings is 2. The highest BCUT2D eigenvalue weighted by atomic mass is 19.2. The molecule has 1 saturated heterocycles. The molecule has 5 rings (SSSR count). The summed E-state index contributed by atoms with van der Waals surface area (Å²) in [5.74, 6) is -1.24. The molecular formula is C24H25F2N3O2. The van der Waals surface area contributed by atoms with Gasteiger partial charge in [-0.15, -0.1) is 0 Å². The van der Waals surface area contributed by atoms with E-state index in [1.54, 1.807) is 18.2 Å². The predicted octanol–water partition coefficient (Wildman–Crippen LogP) is 5.95. The maximum absolute atomic E-state index is 13.6. The minimum absolute atomic E-state index is 0.0425. The van der Waals surface area contributed by atoms with Crippen LogP contribution in [0.3, 0.4) is 0 Å². The first-order valence-corrected chi connectivity index (χ1v) is 11.0. The van der Waals surface area contributed by atoms with Gasteiger partial charge < -0.3 is 14.6 Å². The number of amides is 2. The Morgan fingerprint density at radius 1 is 0.968 bits per heavy atom. The fourth-order valence-corrected chi connectivity index (χ4v) is 4.71. The molecule has 1 aliphatic heterocycles. The van der Waals surface area contributed by atoms with Crippen LogP contribution in [0.25, 0.3) is 22.2 Å². The predicted molar refractivity (Wildman–Crippen MR) is 113 cm³/mol. The van der Waals surface area contributed by atoms with Crippen molar-refractivity contribution < 1.29 is 18.0 Å². The van der Waals surface area contributed by atoms with E-state index in [-0.39, 0.29) is 18.1 Å². The number of oxazole rings is 1. The van der Waals surface area contributed by atoms with E-state index < -0.39 is 11.6 Å². The van der Waals surface area contributed by atoms with E-state index in [9.17, 15) is 13.6 Å². The van der Waals surface area contributed by atoms with Gasteiger partial charge >= 0.3 is 6.03 Å². The van der Waals surface area contributed by atoms with Gasteiger partial charge in [-0.2, -0.15) is 0 Å². The van der Waals surface area contributed by atoms with Crippen molar-refractivity contribution in [1.29, 1.82) is 0 Å². The highest BCUT2D eigenvalue weighted by molar-refractivity contribution is 5.81. The van der Waals surface area contributed by atoms with Crippen LogP contribution in [0, 0.1) is 11.6 Å². The number of urea groups is 1. The van der Waals surface area contributed by atoms with E-state index in [0.29, 0.717) is 29.1 Å². The van der Waals surface area contributed by atoms with Crippen molar-refractivity contribution in [2.75, 3.05) is 6.54 Å². The lowest BCUT2D eigenvalue weighted by Gasteiger charge is -2.28. The van der Waals surface area contributed by atoms with Crippen LogP contribution in [0.4, 0.5) is 13.6 Å². The van der Waals surface area contributed by atoms with Gasteiger partial charge in [-0.05, 0) is 61.1 Å². The summed E-state index contributed by atoms with van der Waals surface area (Å²) in [6.07, 6.45) is 7.37.